The van der Waals surface area contributed by atoms with Crippen molar-refractivity contribution in [3.8, 4) is 0 Å². The lowest BCUT2D eigenvalue weighted by molar-refractivity contribution is -0.137. The van der Waals surface area contributed by atoms with Gasteiger partial charge in [0.2, 0.25) is 0 Å². The fraction of sp³-hybridized carbons (Fsp3) is 0.367. The van der Waals surface area contributed by atoms with Gasteiger partial charge < -0.3 is 21.1 Å². The Balaban J connectivity index is 1.62. The first kappa shape index (κ1) is 26.2. The van der Waals surface area contributed by atoms with Crippen molar-refractivity contribution in [3.63, 3.8) is 0 Å². The highest BCUT2D eigenvalue weighted by molar-refractivity contribution is 6.10. The summed E-state index contributed by atoms with van der Waals surface area (Å²) in [6.07, 6.45) is 4.89. The Kier molecular flexibility index (Phi) is 8.11. The van der Waals surface area contributed by atoms with Gasteiger partial charge in [0.15, 0.2) is 0 Å². The summed E-state index contributed by atoms with van der Waals surface area (Å²) in [7, 11) is 0. The largest absolute Gasteiger partial charge is 0.481 e. The molecular weight excluding hydrogens is 466 g/mol. The second kappa shape index (κ2) is 11.5. The van der Waals surface area contributed by atoms with E-state index < -0.39 is 18.0 Å². The van der Waals surface area contributed by atoms with Crippen molar-refractivity contribution in [1.82, 2.24) is 5.32 Å². The monoisotopic (exact) mass is 501 g/mol. The number of hydrogen-bond acceptors (Lipinski definition) is 3. The van der Waals surface area contributed by atoms with Crippen LogP contribution in [0.25, 0.3) is 10.8 Å². The molecule has 1 fully saturated rings. The van der Waals surface area contributed by atoms with Gasteiger partial charge in [0, 0.05) is 11.7 Å². The first-order valence-corrected chi connectivity index (χ1v) is 12.9. The predicted molar refractivity (Wildman–Crippen MR) is 147 cm³/mol. The average molecular weight is 502 g/mol. The quantitative estimate of drug-likeness (QED) is 0.294. The molecule has 7 heteroatoms. The van der Waals surface area contributed by atoms with E-state index in [1.54, 1.807) is 12.1 Å². The molecule has 194 valence electrons. The number of benzene rings is 3. The van der Waals surface area contributed by atoms with E-state index in [9.17, 15) is 19.5 Å². The maximum absolute atomic E-state index is 13.6. The number of aryl methyl sites for hydroxylation is 3. The van der Waals surface area contributed by atoms with Crippen molar-refractivity contribution in [2.24, 2.45) is 5.92 Å². The van der Waals surface area contributed by atoms with Gasteiger partial charge >= 0.3 is 12.0 Å². The van der Waals surface area contributed by atoms with Gasteiger partial charge in [0.25, 0.3) is 5.91 Å². The third kappa shape index (κ3) is 6.47. The van der Waals surface area contributed by atoms with Gasteiger partial charge in [0.1, 0.15) is 0 Å². The first-order valence-electron chi connectivity index (χ1n) is 12.9. The highest BCUT2D eigenvalue weighted by Crippen LogP contribution is 2.30. The van der Waals surface area contributed by atoms with Gasteiger partial charge in [-0.3, -0.25) is 9.59 Å². The van der Waals surface area contributed by atoms with E-state index in [4.69, 9.17) is 0 Å². The minimum absolute atomic E-state index is 0.126. The maximum atomic E-state index is 13.6. The van der Waals surface area contributed by atoms with Crippen LogP contribution < -0.4 is 16.0 Å². The van der Waals surface area contributed by atoms with Crippen LogP contribution in [0.3, 0.4) is 0 Å². The smallest absolute Gasteiger partial charge is 0.323 e. The van der Waals surface area contributed by atoms with Gasteiger partial charge in [-0.05, 0) is 73.6 Å². The summed E-state index contributed by atoms with van der Waals surface area (Å²) in [4.78, 5) is 38.2. The molecule has 0 aromatic heterocycles. The minimum Gasteiger partial charge on any atom is -0.481 e. The number of hydrogen-bond donors (Lipinski definition) is 4. The molecule has 0 unspecified atom stereocenters. The highest BCUT2D eigenvalue weighted by atomic mass is 16.4. The zero-order chi connectivity index (χ0) is 26.5. The number of carbonyl (C=O) groups is 3. The number of aliphatic carboxylic acids is 1. The topological polar surface area (TPSA) is 108 Å². The van der Waals surface area contributed by atoms with Crippen molar-refractivity contribution in [1.29, 1.82) is 0 Å². The lowest BCUT2D eigenvalue weighted by atomic mass is 9.82. The van der Waals surface area contributed by atoms with Crippen molar-refractivity contribution in [2.75, 3.05) is 10.6 Å². The molecule has 0 bridgehead atoms. The fourth-order valence-electron chi connectivity index (χ4n) is 5.48. The number of carboxylic acids is 1. The molecule has 7 nitrogen and oxygen atoms in total. The lowest BCUT2D eigenvalue weighted by Gasteiger charge is -2.30. The third-order valence-corrected chi connectivity index (χ3v) is 7.22. The summed E-state index contributed by atoms with van der Waals surface area (Å²) >= 11 is 0. The second-order valence-corrected chi connectivity index (χ2v) is 10.2. The van der Waals surface area contributed by atoms with Crippen molar-refractivity contribution >= 4 is 40.1 Å². The van der Waals surface area contributed by atoms with Crippen LogP contribution in [0, 0.1) is 26.7 Å². The Morgan fingerprint density at radius 2 is 1.51 bits per heavy atom. The van der Waals surface area contributed by atoms with E-state index >= 15 is 0 Å². The maximum Gasteiger partial charge on any atom is 0.323 e. The van der Waals surface area contributed by atoms with Crippen LogP contribution in [0.15, 0.2) is 48.5 Å². The average Bonchev–Trinajstić information content (AvgIpc) is 2.85. The molecule has 0 radical (unpaired) electrons. The minimum atomic E-state index is -0.934. The zero-order valence-corrected chi connectivity index (χ0v) is 21.7. The van der Waals surface area contributed by atoms with Gasteiger partial charge in [-0.1, -0.05) is 61.2 Å². The zero-order valence-electron chi connectivity index (χ0n) is 21.7. The highest BCUT2D eigenvalue weighted by Gasteiger charge is 2.28. The fourth-order valence-corrected chi connectivity index (χ4v) is 5.48. The molecular formula is C30H35N3O4. The molecule has 1 atom stereocenters. The van der Waals surface area contributed by atoms with Crippen LogP contribution in [0.1, 0.15) is 65.6 Å². The molecule has 3 aromatic carbocycles. The number of amides is 3. The van der Waals surface area contributed by atoms with E-state index in [-0.39, 0.29) is 18.2 Å². The normalized spacial score (nSPS) is 14.7. The molecule has 0 heterocycles. The van der Waals surface area contributed by atoms with E-state index in [1.165, 1.54) is 0 Å². The molecule has 4 N–H and O–H groups in total. The molecule has 3 aromatic rings. The Bertz CT molecular complexity index is 1300. The molecule has 0 spiro atoms. The first-order chi connectivity index (χ1) is 17.7. The number of anilines is 2. The summed E-state index contributed by atoms with van der Waals surface area (Å²) in [5.41, 5.74) is 4.42. The van der Waals surface area contributed by atoms with E-state index in [1.807, 2.05) is 57.2 Å². The SMILES string of the molecule is Cc1cc(C)c(NC(=O)Nc2cc3ccccc3cc2C(=O)N[C@H](CC(=O)O)C2CCCCC2)c(C)c1. The van der Waals surface area contributed by atoms with Gasteiger partial charge in [-0.15, -0.1) is 0 Å². The van der Waals surface area contributed by atoms with E-state index in [0.717, 1.165) is 65.3 Å². The van der Waals surface area contributed by atoms with Crippen LogP contribution >= 0.6 is 0 Å². The van der Waals surface area contributed by atoms with Gasteiger partial charge in [-0.2, -0.15) is 0 Å². The summed E-state index contributed by atoms with van der Waals surface area (Å²) < 4.78 is 0. The number of rotatable bonds is 7. The number of carbonyl (C=O) groups excluding carboxylic acids is 2. The molecule has 0 aliphatic heterocycles. The molecule has 1 saturated carbocycles. The van der Waals surface area contributed by atoms with Crippen LogP contribution in [0.4, 0.5) is 16.2 Å². The van der Waals surface area contributed by atoms with Gasteiger partial charge in [0.05, 0.1) is 17.7 Å². The predicted octanol–water partition coefficient (Wildman–Crippen LogP) is 6.56. The number of fused-ring (bicyclic) bond motifs is 1. The number of nitrogens with one attached hydrogen (secondary N) is 3. The molecule has 4 rings (SSSR count). The third-order valence-electron chi connectivity index (χ3n) is 7.22. The summed E-state index contributed by atoms with van der Waals surface area (Å²) in [6, 6.07) is 14.3. The van der Waals surface area contributed by atoms with Crippen LogP contribution in [0.2, 0.25) is 0 Å². The van der Waals surface area contributed by atoms with Crippen molar-refractivity contribution in [2.45, 2.75) is 65.3 Å². The Morgan fingerprint density at radius 1 is 0.892 bits per heavy atom. The molecule has 1 aliphatic rings. The van der Waals surface area contributed by atoms with Crippen LogP contribution in [-0.2, 0) is 4.79 Å². The Hall–Kier alpha value is -3.87. The van der Waals surface area contributed by atoms with Crippen LogP contribution in [0.5, 0.6) is 0 Å². The Morgan fingerprint density at radius 3 is 2.14 bits per heavy atom. The van der Waals surface area contributed by atoms with Crippen LogP contribution in [-0.4, -0.2) is 29.1 Å². The lowest BCUT2D eigenvalue weighted by Crippen LogP contribution is -2.42. The molecule has 0 saturated heterocycles. The number of carboxylic acid groups (broad SMARTS) is 1. The standard InChI is InChI=1S/C30H35N3O4/c1-18-13-19(2)28(20(3)14-18)33-30(37)32-26-16-23-12-8-7-11-22(23)15-24(26)29(36)31-25(17-27(34)35)21-9-5-4-6-10-21/h7-8,11-16,21,25H,4-6,9-10,17H2,1-3H3,(H,31,36)(H,34,35)(H2,32,33,37)/t25-/m1/s1. The Labute approximate surface area is 217 Å². The second-order valence-electron chi connectivity index (χ2n) is 10.2. The summed E-state index contributed by atoms with van der Waals surface area (Å²) in [5, 5.41) is 20.0. The number of urea groups is 1. The van der Waals surface area contributed by atoms with Crippen molar-refractivity contribution < 1.29 is 19.5 Å². The molecule has 37 heavy (non-hydrogen) atoms. The van der Waals surface area contributed by atoms with E-state index in [2.05, 4.69) is 16.0 Å². The summed E-state index contributed by atoms with van der Waals surface area (Å²) in [5.74, 6) is -1.20. The molecule has 1 aliphatic carbocycles. The van der Waals surface area contributed by atoms with Crippen molar-refractivity contribution in [3.05, 3.63) is 70.8 Å². The van der Waals surface area contributed by atoms with Gasteiger partial charge in [-0.25, -0.2) is 4.79 Å². The molecule has 3 amide bonds. The summed E-state index contributed by atoms with van der Waals surface area (Å²) in [6.45, 7) is 5.89. The van der Waals surface area contributed by atoms with E-state index in [0.29, 0.717) is 11.3 Å².